The lowest BCUT2D eigenvalue weighted by atomic mass is 10.1. The summed E-state index contributed by atoms with van der Waals surface area (Å²) in [5.74, 6) is 0. The lowest BCUT2D eigenvalue weighted by Crippen LogP contribution is -2.11. The van der Waals surface area contributed by atoms with Gasteiger partial charge in [-0.15, -0.1) is 5.10 Å². The molecule has 0 aliphatic carbocycles. The van der Waals surface area contributed by atoms with Gasteiger partial charge < -0.3 is 0 Å². The number of hydrogen-bond acceptors (Lipinski definition) is 3. The van der Waals surface area contributed by atoms with Crippen molar-refractivity contribution in [3.05, 3.63) is 91.9 Å². The summed E-state index contributed by atoms with van der Waals surface area (Å²) >= 11 is 24.8. The molecular weight excluding hydrogens is 438 g/mol. The molecule has 3 aromatic carbocycles. The zero-order chi connectivity index (χ0) is 19.7. The minimum atomic E-state index is -0.552. The van der Waals surface area contributed by atoms with E-state index in [1.807, 2.05) is 30.3 Å². The normalized spacial score (nSPS) is 12.7. The molecule has 0 bridgehead atoms. The second kappa shape index (κ2) is 8.10. The van der Waals surface area contributed by atoms with Crippen LogP contribution >= 0.6 is 46.4 Å². The number of nitrogens with zero attached hydrogens (tertiary/aromatic N) is 4. The second-order valence-corrected chi connectivity index (χ2v) is 7.69. The van der Waals surface area contributed by atoms with Crippen molar-refractivity contribution in [2.75, 3.05) is 0 Å². The molecular formula is C20H12Cl4N4. The van der Waals surface area contributed by atoms with Crippen LogP contribution in [-0.4, -0.2) is 21.2 Å². The summed E-state index contributed by atoms with van der Waals surface area (Å²) in [7, 11) is 0. The fourth-order valence-corrected chi connectivity index (χ4v) is 3.77. The number of aromatic nitrogens is 3. The molecule has 4 rings (SSSR count). The Bertz CT molecular complexity index is 1190. The maximum Gasteiger partial charge on any atom is 0.170 e. The van der Waals surface area contributed by atoms with Gasteiger partial charge in [-0.1, -0.05) is 75.9 Å². The molecule has 0 amide bonds. The number of halogens is 4. The number of benzene rings is 3. The molecule has 0 saturated carbocycles. The summed E-state index contributed by atoms with van der Waals surface area (Å²) in [6, 6.07) is 18.1. The van der Waals surface area contributed by atoms with Crippen LogP contribution in [0.2, 0.25) is 20.1 Å². The van der Waals surface area contributed by atoms with Crippen LogP contribution in [0.3, 0.4) is 0 Å². The number of fused-ring (bicyclic) bond motifs is 1. The van der Waals surface area contributed by atoms with Gasteiger partial charge in [0.2, 0.25) is 0 Å². The molecule has 0 saturated heterocycles. The molecule has 1 unspecified atom stereocenters. The van der Waals surface area contributed by atoms with Gasteiger partial charge in [-0.25, -0.2) is 4.68 Å². The molecule has 0 aliphatic heterocycles. The second-order valence-electron chi connectivity index (χ2n) is 6.01. The quantitative estimate of drug-likeness (QED) is 0.325. The average molecular weight is 450 g/mol. The third-order valence-electron chi connectivity index (χ3n) is 4.17. The van der Waals surface area contributed by atoms with E-state index in [2.05, 4.69) is 10.3 Å². The van der Waals surface area contributed by atoms with Gasteiger partial charge in [-0.2, -0.15) is 0 Å². The minimum absolute atomic E-state index is 0.483. The van der Waals surface area contributed by atoms with Crippen molar-refractivity contribution in [3.63, 3.8) is 0 Å². The summed E-state index contributed by atoms with van der Waals surface area (Å²) in [6.45, 7) is 0. The van der Waals surface area contributed by atoms with Gasteiger partial charge in [0, 0.05) is 32.4 Å². The first-order chi connectivity index (χ1) is 13.5. The van der Waals surface area contributed by atoms with Crippen LogP contribution in [0.1, 0.15) is 17.3 Å². The summed E-state index contributed by atoms with van der Waals surface area (Å²) in [6.07, 6.45) is 1.12. The highest BCUT2D eigenvalue weighted by molar-refractivity contribution is 6.36. The largest absolute Gasteiger partial charge is 0.261 e. The molecule has 0 N–H and O–H groups in total. The van der Waals surface area contributed by atoms with E-state index in [4.69, 9.17) is 51.4 Å². The summed E-state index contributed by atoms with van der Waals surface area (Å²) in [5, 5.41) is 10.6. The van der Waals surface area contributed by atoms with Gasteiger partial charge in [-0.05, 0) is 36.4 Å². The Kier molecular flexibility index (Phi) is 5.56. The Morgan fingerprint density at radius 3 is 2.32 bits per heavy atom. The molecule has 0 aliphatic rings. The van der Waals surface area contributed by atoms with Crippen molar-refractivity contribution in [1.29, 1.82) is 0 Å². The van der Waals surface area contributed by atoms with Crippen LogP contribution in [0.15, 0.2) is 65.7 Å². The van der Waals surface area contributed by atoms with E-state index in [-0.39, 0.29) is 0 Å². The molecule has 8 heteroatoms. The first kappa shape index (κ1) is 19.2. The minimum Gasteiger partial charge on any atom is -0.261 e. The molecule has 1 heterocycles. The van der Waals surface area contributed by atoms with Crippen LogP contribution < -0.4 is 0 Å². The maximum absolute atomic E-state index is 6.46. The van der Waals surface area contributed by atoms with Gasteiger partial charge in [0.25, 0.3) is 0 Å². The maximum atomic E-state index is 6.46. The van der Waals surface area contributed by atoms with Crippen LogP contribution in [0, 0.1) is 0 Å². The third kappa shape index (κ3) is 3.87. The number of hydrogen-bond donors (Lipinski definition) is 0. The zero-order valence-corrected chi connectivity index (χ0v) is 17.3. The summed E-state index contributed by atoms with van der Waals surface area (Å²) in [5.41, 5.74) is 3.06. The van der Waals surface area contributed by atoms with Crippen LogP contribution in [0.5, 0.6) is 0 Å². The van der Waals surface area contributed by atoms with E-state index in [0.29, 0.717) is 20.1 Å². The lowest BCUT2D eigenvalue weighted by molar-refractivity contribution is 0.543. The van der Waals surface area contributed by atoms with E-state index < -0.39 is 6.17 Å². The summed E-state index contributed by atoms with van der Waals surface area (Å²) < 4.78 is 1.71. The fourth-order valence-electron chi connectivity index (χ4n) is 2.81. The fraction of sp³-hybridized carbons (Fsp3) is 0.0500. The van der Waals surface area contributed by atoms with Crippen molar-refractivity contribution in [2.45, 2.75) is 6.17 Å². The van der Waals surface area contributed by atoms with Gasteiger partial charge >= 0.3 is 0 Å². The Morgan fingerprint density at radius 1 is 0.857 bits per heavy atom. The Morgan fingerprint density at radius 2 is 1.57 bits per heavy atom. The zero-order valence-electron chi connectivity index (χ0n) is 14.2. The molecule has 0 radical (unpaired) electrons. The molecule has 1 atom stereocenters. The van der Waals surface area contributed by atoms with Crippen molar-refractivity contribution >= 4 is 63.7 Å². The highest BCUT2D eigenvalue weighted by Crippen LogP contribution is 2.31. The van der Waals surface area contributed by atoms with E-state index in [9.17, 15) is 0 Å². The van der Waals surface area contributed by atoms with Gasteiger partial charge in [0.1, 0.15) is 5.52 Å². The molecule has 4 aromatic rings. The van der Waals surface area contributed by atoms with Gasteiger partial charge in [0.15, 0.2) is 6.17 Å². The standard InChI is InChI=1S/C20H12Cl4N4/c21-13-6-5-12(16(23)9-13)11-25-20(15-8-7-14(22)10-17(15)24)28-19-4-2-1-3-18(19)26-27-28/h1-11,20H/b25-11+. The molecule has 28 heavy (non-hydrogen) atoms. The monoisotopic (exact) mass is 448 g/mol. The Hall–Kier alpha value is -2.11. The first-order valence-corrected chi connectivity index (χ1v) is 9.77. The van der Waals surface area contributed by atoms with Crippen molar-refractivity contribution in [2.24, 2.45) is 4.99 Å². The molecule has 1 aromatic heterocycles. The summed E-state index contributed by atoms with van der Waals surface area (Å²) in [4.78, 5) is 4.72. The van der Waals surface area contributed by atoms with Crippen LogP contribution in [0.25, 0.3) is 11.0 Å². The Balaban J connectivity index is 1.85. The van der Waals surface area contributed by atoms with E-state index in [1.165, 1.54) is 0 Å². The van der Waals surface area contributed by atoms with E-state index >= 15 is 0 Å². The highest BCUT2D eigenvalue weighted by atomic mass is 35.5. The van der Waals surface area contributed by atoms with E-state index in [0.717, 1.165) is 22.2 Å². The SMILES string of the molecule is Clc1ccc(/C=N/C(c2ccc(Cl)cc2Cl)n2nnc3ccccc32)c(Cl)c1. The van der Waals surface area contributed by atoms with Gasteiger partial charge in [0.05, 0.1) is 10.5 Å². The smallest absolute Gasteiger partial charge is 0.170 e. The molecule has 0 fully saturated rings. The van der Waals surface area contributed by atoms with Crippen LogP contribution in [0.4, 0.5) is 0 Å². The molecule has 0 spiro atoms. The number of aliphatic imine (C=N–C) groups is 1. The third-order valence-corrected chi connectivity index (χ3v) is 5.29. The molecule has 4 nitrogen and oxygen atoms in total. The van der Waals surface area contributed by atoms with Crippen molar-refractivity contribution in [1.82, 2.24) is 15.0 Å². The molecule has 140 valence electrons. The first-order valence-electron chi connectivity index (χ1n) is 8.26. The lowest BCUT2D eigenvalue weighted by Gasteiger charge is -2.16. The highest BCUT2D eigenvalue weighted by Gasteiger charge is 2.19. The number of rotatable bonds is 4. The Labute approximate surface area is 181 Å². The van der Waals surface area contributed by atoms with Crippen molar-refractivity contribution in [3.8, 4) is 0 Å². The number of para-hydroxylation sites is 1. The predicted molar refractivity (Wildman–Crippen MR) is 116 cm³/mol. The van der Waals surface area contributed by atoms with Crippen molar-refractivity contribution < 1.29 is 0 Å². The van der Waals surface area contributed by atoms with Gasteiger partial charge in [-0.3, -0.25) is 4.99 Å². The topological polar surface area (TPSA) is 43.1 Å². The average Bonchev–Trinajstić information content (AvgIpc) is 3.09. The van der Waals surface area contributed by atoms with E-state index in [1.54, 1.807) is 41.2 Å². The van der Waals surface area contributed by atoms with Crippen LogP contribution in [-0.2, 0) is 0 Å². The predicted octanol–water partition coefficient (Wildman–Crippen LogP) is 6.71.